The zero-order chi connectivity index (χ0) is 50.6. The van der Waals surface area contributed by atoms with Crippen molar-refractivity contribution >= 4 is 11.9 Å². The first-order valence-corrected chi connectivity index (χ1v) is 29.1. The van der Waals surface area contributed by atoms with Crippen LogP contribution in [0.4, 0.5) is 0 Å². The van der Waals surface area contributed by atoms with Gasteiger partial charge in [-0.3, -0.25) is 9.59 Å². The second kappa shape index (κ2) is 59.6. The number of carbonyl (C=O) groups excluding carboxylic acids is 2. The average molecular weight is 970 g/mol. The van der Waals surface area contributed by atoms with Crippen LogP contribution in [0.1, 0.15) is 252 Å². The third-order valence-electron chi connectivity index (χ3n) is 12.0. The summed E-state index contributed by atoms with van der Waals surface area (Å²) in [5.41, 5.74) is 0. The lowest BCUT2D eigenvalue weighted by Crippen LogP contribution is -2.30. The second-order valence-electron chi connectivity index (χ2n) is 18.8. The van der Waals surface area contributed by atoms with Crippen LogP contribution in [0.3, 0.4) is 0 Å². The fourth-order valence-corrected chi connectivity index (χ4v) is 7.64. The number of esters is 2. The number of unbranched alkanes of at least 4 members (excludes halogenated alkanes) is 21. The smallest absolute Gasteiger partial charge is 0.306 e. The van der Waals surface area contributed by atoms with E-state index in [0.717, 1.165) is 103 Å². The topological polar surface area (TPSA) is 61.8 Å². The van der Waals surface area contributed by atoms with Gasteiger partial charge in [-0.1, -0.05) is 232 Å². The van der Waals surface area contributed by atoms with Crippen LogP contribution in [0.25, 0.3) is 0 Å². The van der Waals surface area contributed by atoms with Crippen molar-refractivity contribution in [1.82, 2.24) is 0 Å². The minimum atomic E-state index is -0.584. The van der Waals surface area contributed by atoms with Gasteiger partial charge < -0.3 is 14.2 Å². The van der Waals surface area contributed by atoms with E-state index in [-0.39, 0.29) is 25.2 Å². The van der Waals surface area contributed by atoms with Gasteiger partial charge in [0.2, 0.25) is 0 Å². The van der Waals surface area contributed by atoms with Gasteiger partial charge in [0.1, 0.15) is 6.61 Å². The quantitative estimate of drug-likeness (QED) is 0.0345. The highest BCUT2D eigenvalue weighted by molar-refractivity contribution is 5.70. The van der Waals surface area contributed by atoms with Crippen LogP contribution in [0.5, 0.6) is 0 Å². The van der Waals surface area contributed by atoms with Gasteiger partial charge in [0.05, 0.1) is 6.61 Å². The van der Waals surface area contributed by atoms with Gasteiger partial charge in [0.25, 0.3) is 0 Å². The summed E-state index contributed by atoms with van der Waals surface area (Å²) in [5, 5.41) is 0. The Morgan fingerprint density at radius 2 is 0.657 bits per heavy atom. The van der Waals surface area contributed by atoms with Gasteiger partial charge in [0, 0.05) is 19.4 Å². The number of carbonyl (C=O) groups is 2. The van der Waals surface area contributed by atoms with E-state index in [9.17, 15) is 9.59 Å². The van der Waals surface area contributed by atoms with Gasteiger partial charge in [-0.05, 0) is 128 Å². The lowest BCUT2D eigenvalue weighted by atomic mass is 10.1. The second-order valence-corrected chi connectivity index (χ2v) is 18.8. The van der Waals surface area contributed by atoms with E-state index >= 15 is 0 Å². The Hall–Kier alpha value is -3.70. The van der Waals surface area contributed by atoms with E-state index in [1.165, 1.54) is 116 Å². The fraction of sp³-hybridized carbons (Fsp3) is 0.662. The van der Waals surface area contributed by atoms with Crippen LogP contribution in [0.15, 0.2) is 122 Å². The maximum Gasteiger partial charge on any atom is 0.306 e. The highest BCUT2D eigenvalue weighted by Gasteiger charge is 2.17. The zero-order valence-corrected chi connectivity index (χ0v) is 45.7. The molecule has 5 heteroatoms. The van der Waals surface area contributed by atoms with Gasteiger partial charge in [-0.2, -0.15) is 0 Å². The molecule has 0 aliphatic rings. The maximum absolute atomic E-state index is 12.8. The molecule has 5 nitrogen and oxygen atoms in total. The van der Waals surface area contributed by atoms with Gasteiger partial charge in [0.15, 0.2) is 6.10 Å². The van der Waals surface area contributed by atoms with Crippen molar-refractivity contribution in [1.29, 1.82) is 0 Å². The summed E-state index contributed by atoms with van der Waals surface area (Å²) < 4.78 is 17.4. The van der Waals surface area contributed by atoms with Crippen molar-refractivity contribution in [2.45, 2.75) is 258 Å². The molecule has 0 fully saturated rings. The summed E-state index contributed by atoms with van der Waals surface area (Å²) in [4.78, 5) is 25.5. The summed E-state index contributed by atoms with van der Waals surface area (Å²) in [6.45, 7) is 7.58. The van der Waals surface area contributed by atoms with E-state index in [4.69, 9.17) is 14.2 Å². The molecule has 398 valence electrons. The van der Waals surface area contributed by atoms with Crippen LogP contribution in [0.2, 0.25) is 0 Å². The Balaban J connectivity index is 4.42. The SMILES string of the molecule is CC/C=C\C/C=C\C/C=C\C/C=C\C/C=C\CCCC(=O)OC(COCCCCCCCCCC/C=C\C/C=C\CCCCC)COC(=O)CCCCCCCC/C=C\C/C=C\C/C=C\CCCCC. The van der Waals surface area contributed by atoms with Crippen molar-refractivity contribution < 1.29 is 23.8 Å². The highest BCUT2D eigenvalue weighted by atomic mass is 16.6. The Labute approximate surface area is 433 Å². The molecule has 0 bridgehead atoms. The van der Waals surface area contributed by atoms with Gasteiger partial charge in [-0.25, -0.2) is 0 Å². The molecule has 0 saturated heterocycles. The summed E-state index contributed by atoms with van der Waals surface area (Å²) in [7, 11) is 0. The Morgan fingerprint density at radius 1 is 0.329 bits per heavy atom. The summed E-state index contributed by atoms with van der Waals surface area (Å²) in [6.07, 6.45) is 83.6. The molecule has 0 radical (unpaired) electrons. The largest absolute Gasteiger partial charge is 0.462 e. The molecule has 0 aliphatic heterocycles. The molecule has 0 aromatic rings. The number of allylic oxidation sites excluding steroid dienone is 20. The number of hydrogen-bond donors (Lipinski definition) is 0. The summed E-state index contributed by atoms with van der Waals surface area (Å²) >= 11 is 0. The molecule has 1 unspecified atom stereocenters. The van der Waals surface area contributed by atoms with Crippen LogP contribution in [-0.4, -0.2) is 37.9 Å². The number of rotatable bonds is 52. The molecule has 0 amide bonds. The minimum Gasteiger partial charge on any atom is -0.462 e. The van der Waals surface area contributed by atoms with Gasteiger partial charge >= 0.3 is 11.9 Å². The third-order valence-corrected chi connectivity index (χ3v) is 12.0. The molecule has 70 heavy (non-hydrogen) atoms. The monoisotopic (exact) mass is 969 g/mol. The molecular formula is C65H108O5. The third kappa shape index (κ3) is 56.9. The predicted octanol–water partition coefficient (Wildman–Crippen LogP) is 20.1. The summed E-state index contributed by atoms with van der Waals surface area (Å²) in [5.74, 6) is -0.485. The first kappa shape index (κ1) is 66.3. The average Bonchev–Trinajstić information content (AvgIpc) is 3.36. The molecule has 0 rings (SSSR count). The van der Waals surface area contributed by atoms with E-state index in [2.05, 4.69) is 142 Å². The molecule has 0 aromatic carbocycles. The zero-order valence-electron chi connectivity index (χ0n) is 45.7. The van der Waals surface area contributed by atoms with Crippen molar-refractivity contribution in [3.8, 4) is 0 Å². The molecule has 0 saturated carbocycles. The van der Waals surface area contributed by atoms with E-state index in [1.807, 2.05) is 0 Å². The first-order valence-electron chi connectivity index (χ1n) is 29.1. The van der Waals surface area contributed by atoms with Crippen LogP contribution < -0.4 is 0 Å². The maximum atomic E-state index is 12.8. The molecule has 0 aliphatic carbocycles. The van der Waals surface area contributed by atoms with Crippen molar-refractivity contribution in [2.75, 3.05) is 19.8 Å². The van der Waals surface area contributed by atoms with E-state index < -0.39 is 6.10 Å². The van der Waals surface area contributed by atoms with E-state index in [1.54, 1.807) is 0 Å². The lowest BCUT2D eigenvalue weighted by Gasteiger charge is -2.18. The Morgan fingerprint density at radius 3 is 1.07 bits per heavy atom. The molecule has 0 aromatic heterocycles. The highest BCUT2D eigenvalue weighted by Crippen LogP contribution is 2.13. The minimum absolute atomic E-state index is 0.0464. The Kier molecular flexibility index (Phi) is 56.5. The molecule has 0 heterocycles. The lowest BCUT2D eigenvalue weighted by molar-refractivity contribution is -0.162. The number of ether oxygens (including phenoxy) is 3. The first-order chi connectivity index (χ1) is 34.6. The molecule has 1 atom stereocenters. The molecule has 0 spiro atoms. The van der Waals surface area contributed by atoms with Crippen LogP contribution in [-0.2, 0) is 23.8 Å². The normalized spacial score (nSPS) is 13.1. The number of hydrogen-bond acceptors (Lipinski definition) is 5. The van der Waals surface area contributed by atoms with Crippen molar-refractivity contribution in [3.05, 3.63) is 122 Å². The predicted molar refractivity (Wildman–Crippen MR) is 306 cm³/mol. The fourth-order valence-electron chi connectivity index (χ4n) is 7.64. The van der Waals surface area contributed by atoms with Crippen molar-refractivity contribution in [3.63, 3.8) is 0 Å². The molecular weight excluding hydrogens is 861 g/mol. The van der Waals surface area contributed by atoms with Crippen LogP contribution >= 0.6 is 0 Å². The summed E-state index contributed by atoms with van der Waals surface area (Å²) in [6, 6.07) is 0. The van der Waals surface area contributed by atoms with Crippen LogP contribution in [0, 0.1) is 0 Å². The molecule has 0 N–H and O–H groups in total. The van der Waals surface area contributed by atoms with Crippen molar-refractivity contribution in [2.24, 2.45) is 0 Å². The van der Waals surface area contributed by atoms with E-state index in [0.29, 0.717) is 19.4 Å². The standard InChI is InChI=1S/C65H108O5/c1-4-7-10-13-16-19-22-25-28-31-33-35-37-40-43-46-49-52-55-58-64(66)69-62-63(61-68-60-57-54-51-48-45-42-39-36-32-29-26-23-20-17-14-11-8-5-2)70-65(67)59-56-53-50-47-44-41-38-34-30-27-24-21-18-15-12-9-6-3/h9,12,16-21,25-30,33,35,38,41,47,50,63H,4-8,10-11,13-15,22-24,31-32,34,36-37,39-40,42-46,48-49,51-62H2,1-3H3/b12-9-,19-16-,20-17-,21-18-,28-25-,29-26-,30-27-,35-33-,41-38-,50-47-. The van der Waals surface area contributed by atoms with Gasteiger partial charge in [-0.15, -0.1) is 0 Å². The Bertz CT molecular complexity index is 1420.